The van der Waals surface area contributed by atoms with Gasteiger partial charge in [-0.1, -0.05) is 6.07 Å². The number of carbonyl (C=O) groups is 2. The van der Waals surface area contributed by atoms with E-state index in [4.69, 9.17) is 9.84 Å². The summed E-state index contributed by atoms with van der Waals surface area (Å²) in [7, 11) is 1.62. The molecule has 0 bridgehead atoms. The van der Waals surface area contributed by atoms with Gasteiger partial charge in [-0.3, -0.25) is 9.48 Å². The number of carbonyl (C=O) groups excluding carboxylic acids is 1. The molecule has 1 aromatic carbocycles. The van der Waals surface area contributed by atoms with Gasteiger partial charge in [0.15, 0.2) is 0 Å². The van der Waals surface area contributed by atoms with Crippen molar-refractivity contribution in [2.75, 3.05) is 26.0 Å². The predicted octanol–water partition coefficient (Wildman–Crippen LogP) is 2.55. The zero-order valence-electron chi connectivity index (χ0n) is 14.5. The smallest absolute Gasteiger partial charge is 0.338 e. The Bertz CT molecular complexity index is 784. The lowest BCUT2D eigenvalue weighted by atomic mass is 10.1. The second-order valence-corrected chi connectivity index (χ2v) is 7.14. The molecule has 0 atom stereocenters. The average Bonchev–Trinajstić information content (AvgIpc) is 3.17. The Balaban J connectivity index is 1.49. The fraction of sp³-hybridized carbons (Fsp3) is 0.389. The van der Waals surface area contributed by atoms with Crippen molar-refractivity contribution in [2.45, 2.75) is 23.8 Å². The molecule has 1 N–H and O–H groups in total. The Morgan fingerprint density at radius 1 is 1.35 bits per heavy atom. The second-order valence-electron chi connectivity index (χ2n) is 6.09. The topological polar surface area (TPSA) is 84.7 Å². The zero-order chi connectivity index (χ0) is 18.5. The molecule has 1 aliphatic heterocycles. The molecule has 1 aromatic heterocycles. The Morgan fingerprint density at radius 2 is 2.12 bits per heavy atom. The van der Waals surface area contributed by atoms with Crippen molar-refractivity contribution in [3.05, 3.63) is 42.2 Å². The fourth-order valence-electron chi connectivity index (χ4n) is 2.96. The number of aromatic nitrogens is 2. The number of nitrogens with zero attached hydrogens (tertiary/aromatic N) is 3. The summed E-state index contributed by atoms with van der Waals surface area (Å²) in [4.78, 5) is 26.3. The molecule has 0 unspecified atom stereocenters. The van der Waals surface area contributed by atoms with E-state index >= 15 is 0 Å². The van der Waals surface area contributed by atoms with Crippen LogP contribution in [0.15, 0.2) is 41.6 Å². The van der Waals surface area contributed by atoms with E-state index in [0.29, 0.717) is 18.8 Å². The minimum absolute atomic E-state index is 0.114. The first-order chi connectivity index (χ1) is 12.6. The number of hydrogen-bond donors (Lipinski definition) is 1. The van der Waals surface area contributed by atoms with Gasteiger partial charge in [0.2, 0.25) is 5.91 Å². The highest BCUT2D eigenvalue weighted by Gasteiger charge is 2.24. The summed E-state index contributed by atoms with van der Waals surface area (Å²) in [6.07, 6.45) is 4.47. The highest BCUT2D eigenvalue weighted by atomic mass is 32.2. The van der Waals surface area contributed by atoms with Crippen LogP contribution in [-0.2, 0) is 4.79 Å². The summed E-state index contributed by atoms with van der Waals surface area (Å²) < 4.78 is 6.90. The third-order valence-corrected chi connectivity index (χ3v) is 5.42. The molecule has 8 heteroatoms. The van der Waals surface area contributed by atoms with Crippen LogP contribution in [0.2, 0.25) is 0 Å². The monoisotopic (exact) mass is 375 g/mol. The Kier molecular flexibility index (Phi) is 5.82. The van der Waals surface area contributed by atoms with Crippen LogP contribution in [0.3, 0.4) is 0 Å². The van der Waals surface area contributed by atoms with E-state index in [1.165, 1.54) is 18.0 Å². The summed E-state index contributed by atoms with van der Waals surface area (Å²) in [6, 6.07) is 7.80. The van der Waals surface area contributed by atoms with Gasteiger partial charge in [0.1, 0.15) is 5.75 Å². The predicted molar refractivity (Wildman–Crippen MR) is 97.8 cm³/mol. The first kappa shape index (κ1) is 18.3. The van der Waals surface area contributed by atoms with E-state index in [1.54, 1.807) is 18.0 Å². The molecule has 1 aliphatic rings. The summed E-state index contributed by atoms with van der Waals surface area (Å²) >= 11 is 1.50. The molecule has 3 rings (SSSR count). The molecule has 1 amide bonds. The summed E-state index contributed by atoms with van der Waals surface area (Å²) in [6.45, 7) is 1.31. The average molecular weight is 375 g/mol. The van der Waals surface area contributed by atoms with Crippen molar-refractivity contribution in [2.24, 2.45) is 0 Å². The maximum absolute atomic E-state index is 12.4. The number of thioether (sulfide) groups is 1. The molecule has 7 nitrogen and oxygen atoms in total. The largest absolute Gasteiger partial charge is 0.497 e. The van der Waals surface area contributed by atoms with E-state index in [2.05, 4.69) is 5.10 Å². The van der Waals surface area contributed by atoms with Crippen molar-refractivity contribution >= 4 is 23.6 Å². The molecule has 2 aromatic rings. The van der Waals surface area contributed by atoms with Gasteiger partial charge in [-0.05, 0) is 31.0 Å². The number of ether oxygens (including phenoxy) is 1. The van der Waals surface area contributed by atoms with Crippen molar-refractivity contribution in [3.63, 3.8) is 0 Å². The SMILES string of the molecule is COc1cccc(SCC(=O)N2CCC(n3cc(C(=O)O)cn3)CC2)c1. The van der Waals surface area contributed by atoms with E-state index in [1.807, 2.05) is 29.2 Å². The summed E-state index contributed by atoms with van der Waals surface area (Å²) in [5, 5.41) is 13.1. The second kappa shape index (κ2) is 8.27. The molecule has 2 heterocycles. The van der Waals surface area contributed by atoms with Crippen LogP contribution < -0.4 is 4.74 Å². The molecular formula is C18H21N3O4S. The minimum Gasteiger partial charge on any atom is -0.497 e. The van der Waals surface area contributed by atoms with Crippen LogP contribution >= 0.6 is 11.8 Å². The van der Waals surface area contributed by atoms with Gasteiger partial charge in [0, 0.05) is 24.2 Å². The molecule has 0 radical (unpaired) electrons. The maximum atomic E-state index is 12.4. The van der Waals surface area contributed by atoms with E-state index in [-0.39, 0.29) is 17.5 Å². The van der Waals surface area contributed by atoms with Gasteiger partial charge in [-0.25, -0.2) is 4.79 Å². The first-order valence-electron chi connectivity index (χ1n) is 8.39. The normalized spacial score (nSPS) is 15.0. The van der Waals surface area contributed by atoms with Crippen LogP contribution in [0.1, 0.15) is 29.2 Å². The molecule has 138 valence electrons. The Morgan fingerprint density at radius 3 is 2.77 bits per heavy atom. The number of benzene rings is 1. The van der Waals surface area contributed by atoms with E-state index < -0.39 is 5.97 Å². The standard InChI is InChI=1S/C18H21N3O4S/c1-25-15-3-2-4-16(9-15)26-12-17(22)20-7-5-14(6-8-20)21-11-13(10-19-21)18(23)24/h2-4,9-11,14H,5-8,12H2,1H3,(H,23,24). The number of rotatable bonds is 6. The number of aromatic carboxylic acids is 1. The van der Waals surface area contributed by atoms with Gasteiger partial charge in [0.25, 0.3) is 0 Å². The fourth-order valence-corrected chi connectivity index (χ4v) is 3.80. The number of piperidine rings is 1. The van der Waals surface area contributed by atoms with Crippen molar-refractivity contribution in [3.8, 4) is 5.75 Å². The zero-order valence-corrected chi connectivity index (χ0v) is 15.3. The van der Waals surface area contributed by atoms with Gasteiger partial charge < -0.3 is 14.7 Å². The Labute approximate surface area is 155 Å². The Hall–Kier alpha value is -2.48. The first-order valence-corrected chi connectivity index (χ1v) is 9.37. The highest BCUT2D eigenvalue weighted by Crippen LogP contribution is 2.25. The molecule has 0 aliphatic carbocycles. The maximum Gasteiger partial charge on any atom is 0.338 e. The molecular weight excluding hydrogens is 354 g/mol. The molecule has 1 fully saturated rings. The van der Waals surface area contributed by atoms with Crippen molar-refractivity contribution < 1.29 is 19.4 Å². The van der Waals surface area contributed by atoms with E-state index in [9.17, 15) is 9.59 Å². The number of hydrogen-bond acceptors (Lipinski definition) is 5. The number of carboxylic acid groups (broad SMARTS) is 1. The summed E-state index contributed by atoms with van der Waals surface area (Å²) in [5.41, 5.74) is 0.193. The highest BCUT2D eigenvalue weighted by molar-refractivity contribution is 8.00. The van der Waals surface area contributed by atoms with Gasteiger partial charge in [0.05, 0.1) is 30.7 Å². The molecule has 26 heavy (non-hydrogen) atoms. The third kappa shape index (κ3) is 4.37. The van der Waals surface area contributed by atoms with Gasteiger partial charge in [-0.2, -0.15) is 5.10 Å². The third-order valence-electron chi connectivity index (χ3n) is 4.44. The van der Waals surface area contributed by atoms with Gasteiger partial charge >= 0.3 is 5.97 Å². The van der Waals surface area contributed by atoms with Crippen LogP contribution in [0.4, 0.5) is 0 Å². The number of amides is 1. The molecule has 1 saturated heterocycles. The quantitative estimate of drug-likeness (QED) is 0.781. The lowest BCUT2D eigenvalue weighted by Gasteiger charge is -2.32. The minimum atomic E-state index is -0.974. The number of likely N-dealkylation sites (tertiary alicyclic amines) is 1. The van der Waals surface area contributed by atoms with Gasteiger partial charge in [-0.15, -0.1) is 11.8 Å². The molecule has 0 saturated carbocycles. The number of methoxy groups -OCH3 is 1. The van der Waals surface area contributed by atoms with Crippen LogP contribution in [0, 0.1) is 0 Å². The lowest BCUT2D eigenvalue weighted by molar-refractivity contribution is -0.129. The van der Waals surface area contributed by atoms with Crippen LogP contribution in [0.5, 0.6) is 5.75 Å². The van der Waals surface area contributed by atoms with E-state index in [0.717, 1.165) is 23.5 Å². The summed E-state index contributed by atoms with van der Waals surface area (Å²) in [5.74, 6) is 0.313. The number of carboxylic acids is 1. The molecule has 0 spiro atoms. The van der Waals surface area contributed by atoms with Crippen LogP contribution in [0.25, 0.3) is 0 Å². The van der Waals surface area contributed by atoms with Crippen LogP contribution in [-0.4, -0.2) is 57.6 Å². The van der Waals surface area contributed by atoms with Crippen molar-refractivity contribution in [1.82, 2.24) is 14.7 Å². The van der Waals surface area contributed by atoms with Crippen molar-refractivity contribution in [1.29, 1.82) is 0 Å². The lowest BCUT2D eigenvalue weighted by Crippen LogP contribution is -2.40.